The number of benzene rings is 2. The van der Waals surface area contributed by atoms with E-state index in [9.17, 15) is 13.2 Å². The number of aromatic amines is 1. The lowest BCUT2D eigenvalue weighted by Crippen LogP contribution is -2.49. The number of nitriles is 1. The SMILES string of the molecule is CC(C)CC(C(=O)NC#N)(c1cccc(-c2ccc3[nH]ccc3c2)c1)S(C)(=O)=O. The van der Waals surface area contributed by atoms with E-state index in [1.807, 2.05) is 50.4 Å². The van der Waals surface area contributed by atoms with E-state index in [2.05, 4.69) is 10.3 Å². The highest BCUT2D eigenvalue weighted by Crippen LogP contribution is 2.39. The minimum Gasteiger partial charge on any atom is -0.361 e. The van der Waals surface area contributed by atoms with Gasteiger partial charge in [0, 0.05) is 18.0 Å². The summed E-state index contributed by atoms with van der Waals surface area (Å²) < 4.78 is 24.0. The number of H-pyrrole nitrogens is 1. The lowest BCUT2D eigenvalue weighted by Gasteiger charge is -2.32. The number of carbonyl (C=O) groups excluding carboxylic acids is 1. The monoisotopic (exact) mass is 409 g/mol. The van der Waals surface area contributed by atoms with Crippen LogP contribution in [0.2, 0.25) is 0 Å². The molecule has 7 heteroatoms. The number of aromatic nitrogens is 1. The zero-order valence-electron chi connectivity index (χ0n) is 16.6. The van der Waals surface area contributed by atoms with Crippen molar-refractivity contribution >= 4 is 26.6 Å². The molecule has 1 heterocycles. The van der Waals surface area contributed by atoms with Gasteiger partial charge in [-0.2, -0.15) is 5.26 Å². The van der Waals surface area contributed by atoms with Crippen LogP contribution in [0.25, 0.3) is 22.0 Å². The molecule has 0 radical (unpaired) electrons. The van der Waals surface area contributed by atoms with Crippen molar-refractivity contribution in [3.63, 3.8) is 0 Å². The lowest BCUT2D eigenvalue weighted by atomic mass is 9.86. The first-order chi connectivity index (χ1) is 13.7. The smallest absolute Gasteiger partial charge is 0.258 e. The molecule has 0 bridgehead atoms. The minimum atomic E-state index is -3.89. The molecule has 0 aliphatic rings. The van der Waals surface area contributed by atoms with Crippen molar-refractivity contribution in [1.29, 1.82) is 5.26 Å². The number of rotatable bonds is 6. The van der Waals surface area contributed by atoms with E-state index in [1.54, 1.807) is 24.4 Å². The maximum atomic E-state index is 12.9. The van der Waals surface area contributed by atoms with E-state index < -0.39 is 20.5 Å². The fraction of sp³-hybridized carbons (Fsp3) is 0.273. The topological polar surface area (TPSA) is 103 Å². The van der Waals surface area contributed by atoms with Crippen molar-refractivity contribution < 1.29 is 13.2 Å². The first-order valence-electron chi connectivity index (χ1n) is 9.26. The van der Waals surface area contributed by atoms with Gasteiger partial charge in [0.2, 0.25) is 0 Å². The standard InChI is InChI=1S/C22H23N3O3S/c1-15(2)13-22(29(3,27)28,21(26)25-14-23)19-6-4-5-16(12-19)17-7-8-20-18(11-17)9-10-24-20/h4-12,15,24H,13H2,1-3H3,(H,25,26). The highest BCUT2D eigenvalue weighted by Gasteiger charge is 2.50. The van der Waals surface area contributed by atoms with Crippen LogP contribution in [-0.2, 0) is 19.4 Å². The van der Waals surface area contributed by atoms with Gasteiger partial charge in [0.15, 0.2) is 20.8 Å². The van der Waals surface area contributed by atoms with Crippen LogP contribution >= 0.6 is 0 Å². The van der Waals surface area contributed by atoms with Gasteiger partial charge in [-0.1, -0.05) is 38.1 Å². The summed E-state index contributed by atoms with van der Waals surface area (Å²) in [5, 5.41) is 12.1. The summed E-state index contributed by atoms with van der Waals surface area (Å²) in [5.74, 6) is -0.913. The third kappa shape index (κ3) is 3.76. The highest BCUT2D eigenvalue weighted by molar-refractivity contribution is 7.92. The number of nitrogens with one attached hydrogen (secondary N) is 2. The van der Waals surface area contributed by atoms with Crippen LogP contribution in [0.3, 0.4) is 0 Å². The second-order valence-corrected chi connectivity index (χ2v) is 9.86. The zero-order valence-corrected chi connectivity index (χ0v) is 17.4. The summed E-state index contributed by atoms with van der Waals surface area (Å²) in [4.78, 5) is 16.1. The van der Waals surface area contributed by atoms with Crippen LogP contribution in [0.4, 0.5) is 0 Å². The van der Waals surface area contributed by atoms with Gasteiger partial charge in [-0.3, -0.25) is 10.1 Å². The number of carbonyl (C=O) groups is 1. The van der Waals surface area contributed by atoms with E-state index in [-0.39, 0.29) is 12.3 Å². The Morgan fingerprint density at radius 2 is 1.90 bits per heavy atom. The van der Waals surface area contributed by atoms with Crippen molar-refractivity contribution in [2.75, 3.05) is 6.26 Å². The Bertz CT molecular complexity index is 1210. The van der Waals surface area contributed by atoms with Crippen molar-refractivity contribution in [1.82, 2.24) is 10.3 Å². The predicted octanol–water partition coefficient (Wildman–Crippen LogP) is 3.72. The van der Waals surface area contributed by atoms with Gasteiger partial charge in [-0.05, 0) is 58.7 Å². The Morgan fingerprint density at radius 1 is 1.17 bits per heavy atom. The molecule has 0 spiro atoms. The van der Waals surface area contributed by atoms with E-state index in [1.165, 1.54) is 0 Å². The number of sulfone groups is 1. The number of amides is 1. The van der Waals surface area contributed by atoms with Crippen molar-refractivity contribution in [3.05, 3.63) is 60.3 Å². The highest BCUT2D eigenvalue weighted by atomic mass is 32.2. The van der Waals surface area contributed by atoms with Gasteiger partial charge in [0.25, 0.3) is 5.91 Å². The molecule has 150 valence electrons. The molecular weight excluding hydrogens is 386 g/mol. The second-order valence-electron chi connectivity index (χ2n) is 7.62. The van der Waals surface area contributed by atoms with Crippen LogP contribution in [-0.4, -0.2) is 25.6 Å². The van der Waals surface area contributed by atoms with Gasteiger partial charge >= 0.3 is 0 Å². The maximum absolute atomic E-state index is 12.9. The van der Waals surface area contributed by atoms with Gasteiger partial charge in [0.05, 0.1) is 0 Å². The number of hydrogen-bond donors (Lipinski definition) is 2. The molecule has 29 heavy (non-hydrogen) atoms. The van der Waals surface area contributed by atoms with Gasteiger partial charge in [-0.25, -0.2) is 8.42 Å². The molecule has 1 amide bonds. The number of nitrogens with zero attached hydrogens (tertiary/aromatic N) is 1. The summed E-state index contributed by atoms with van der Waals surface area (Å²) in [7, 11) is -3.89. The molecule has 2 aromatic carbocycles. The third-order valence-electron chi connectivity index (χ3n) is 5.08. The van der Waals surface area contributed by atoms with Crippen molar-refractivity contribution in [2.45, 2.75) is 25.0 Å². The molecule has 3 rings (SSSR count). The van der Waals surface area contributed by atoms with E-state index >= 15 is 0 Å². The average Bonchev–Trinajstić information content (AvgIpc) is 3.13. The third-order valence-corrected chi connectivity index (χ3v) is 6.93. The van der Waals surface area contributed by atoms with Crippen molar-refractivity contribution in [2.24, 2.45) is 5.92 Å². The Balaban J connectivity index is 2.22. The summed E-state index contributed by atoms with van der Waals surface area (Å²) in [5.41, 5.74) is 3.07. The minimum absolute atomic E-state index is 0.0691. The molecule has 0 saturated heterocycles. The van der Waals surface area contributed by atoms with Crippen LogP contribution in [0.5, 0.6) is 0 Å². The van der Waals surface area contributed by atoms with Crippen LogP contribution in [0.1, 0.15) is 25.8 Å². The Morgan fingerprint density at radius 3 is 2.55 bits per heavy atom. The van der Waals surface area contributed by atoms with Crippen LogP contribution in [0.15, 0.2) is 54.7 Å². The molecule has 3 aromatic rings. The summed E-state index contributed by atoms with van der Waals surface area (Å²) in [6.07, 6.45) is 4.55. The zero-order chi connectivity index (χ0) is 21.2. The first kappa shape index (κ1) is 20.6. The maximum Gasteiger partial charge on any atom is 0.258 e. The summed E-state index contributed by atoms with van der Waals surface area (Å²) in [6.45, 7) is 3.70. The predicted molar refractivity (Wildman–Crippen MR) is 113 cm³/mol. The molecular formula is C22H23N3O3S. The van der Waals surface area contributed by atoms with Crippen LogP contribution in [0, 0.1) is 17.4 Å². The molecule has 1 unspecified atom stereocenters. The van der Waals surface area contributed by atoms with Gasteiger partial charge in [-0.15, -0.1) is 0 Å². The average molecular weight is 410 g/mol. The number of fused-ring (bicyclic) bond motifs is 1. The van der Waals surface area contributed by atoms with E-state index in [0.717, 1.165) is 28.3 Å². The lowest BCUT2D eigenvalue weighted by molar-refractivity contribution is -0.123. The van der Waals surface area contributed by atoms with Crippen molar-refractivity contribution in [3.8, 4) is 17.3 Å². The molecule has 1 atom stereocenters. The Hall–Kier alpha value is -3.11. The van der Waals surface area contributed by atoms with E-state index in [4.69, 9.17) is 5.26 Å². The Labute approximate surface area is 170 Å². The fourth-order valence-electron chi connectivity index (χ4n) is 3.78. The molecule has 0 aliphatic heterocycles. The first-order valence-corrected chi connectivity index (χ1v) is 11.2. The molecule has 0 saturated carbocycles. The summed E-state index contributed by atoms with van der Waals surface area (Å²) in [6, 6.07) is 14.9. The fourth-order valence-corrected chi connectivity index (χ4v) is 5.36. The molecule has 0 fully saturated rings. The quantitative estimate of drug-likeness (QED) is 0.478. The second kappa shape index (κ2) is 7.72. The van der Waals surface area contributed by atoms with Crippen LogP contribution < -0.4 is 5.32 Å². The normalized spacial score (nSPS) is 13.8. The molecule has 6 nitrogen and oxygen atoms in total. The van der Waals surface area contributed by atoms with E-state index in [0.29, 0.717) is 5.56 Å². The summed E-state index contributed by atoms with van der Waals surface area (Å²) >= 11 is 0. The Kier molecular flexibility index (Phi) is 5.49. The molecule has 0 aliphatic carbocycles. The largest absolute Gasteiger partial charge is 0.361 e. The molecule has 2 N–H and O–H groups in total. The van der Waals surface area contributed by atoms with Gasteiger partial charge in [0.1, 0.15) is 0 Å². The number of hydrogen-bond acceptors (Lipinski definition) is 4. The van der Waals surface area contributed by atoms with Gasteiger partial charge < -0.3 is 4.98 Å². The molecule has 1 aromatic heterocycles.